The summed E-state index contributed by atoms with van der Waals surface area (Å²) in [6.45, 7) is -0.707. The summed E-state index contributed by atoms with van der Waals surface area (Å²) in [4.78, 5) is 32.9. The lowest BCUT2D eigenvalue weighted by molar-refractivity contribution is -0.175. The zero-order valence-electron chi connectivity index (χ0n) is 7.45. The second kappa shape index (κ2) is 4.14. The largest absolute Gasteiger partial charge is 0.450 e. The molecule has 1 fully saturated rings. The molecule has 0 aromatic rings. The summed E-state index contributed by atoms with van der Waals surface area (Å²) in [5.41, 5.74) is 0. The molecular weight excluding hydrogens is 214 g/mol. The van der Waals surface area contributed by atoms with Gasteiger partial charge in [-0.25, -0.2) is 0 Å². The number of hydrogen-bond donors (Lipinski definition) is 0. The summed E-state index contributed by atoms with van der Waals surface area (Å²) < 4.78 is 36.0. The van der Waals surface area contributed by atoms with E-state index in [1.54, 1.807) is 0 Å². The lowest BCUT2D eigenvalue weighted by Gasteiger charge is -2.11. The van der Waals surface area contributed by atoms with Gasteiger partial charge in [-0.3, -0.25) is 9.59 Å². The van der Waals surface area contributed by atoms with Gasteiger partial charge in [0.1, 0.15) is 0 Å². The maximum atomic E-state index is 12.0. The standard InChI is InChI=1S/C7H6BF3NO3/c9-7(10,11)6(15)4-1-12(8-3-13)2-5(4)14/h3-4H,1-2H2. The highest BCUT2D eigenvalue weighted by molar-refractivity contribution is 6.64. The Hall–Kier alpha value is -1.18. The van der Waals surface area contributed by atoms with Crippen molar-refractivity contribution < 1.29 is 27.6 Å². The fraction of sp³-hybridized carbons (Fsp3) is 0.571. The Morgan fingerprint density at radius 1 is 1.53 bits per heavy atom. The summed E-state index contributed by atoms with van der Waals surface area (Å²) in [5.74, 6) is -4.55. The zero-order valence-corrected chi connectivity index (χ0v) is 7.45. The van der Waals surface area contributed by atoms with Crippen molar-refractivity contribution in [3.05, 3.63) is 0 Å². The van der Waals surface area contributed by atoms with Crippen LogP contribution >= 0.6 is 0 Å². The molecule has 4 nitrogen and oxygen atoms in total. The van der Waals surface area contributed by atoms with Gasteiger partial charge in [-0.05, 0) is 0 Å². The number of halogens is 3. The molecule has 1 heterocycles. The molecule has 1 radical (unpaired) electrons. The Balaban J connectivity index is 2.69. The van der Waals surface area contributed by atoms with E-state index in [4.69, 9.17) is 0 Å². The highest BCUT2D eigenvalue weighted by atomic mass is 19.4. The van der Waals surface area contributed by atoms with E-state index in [9.17, 15) is 27.6 Å². The molecule has 1 aliphatic rings. The number of Topliss-reactive ketones (excluding diaryl/α,β-unsaturated/α-hetero) is 2. The van der Waals surface area contributed by atoms with Gasteiger partial charge in [0.2, 0.25) is 5.78 Å². The number of carbonyl (C=O) groups is 3. The predicted molar refractivity (Wildman–Crippen MR) is 43.6 cm³/mol. The van der Waals surface area contributed by atoms with Gasteiger partial charge < -0.3 is 9.61 Å². The number of nitrogens with zero attached hydrogens (tertiary/aromatic N) is 1. The molecule has 1 saturated heterocycles. The second-order valence-electron chi connectivity index (χ2n) is 3.10. The molecule has 0 bridgehead atoms. The maximum Gasteiger partial charge on any atom is 0.450 e. The molecule has 1 aliphatic heterocycles. The van der Waals surface area contributed by atoms with Crippen molar-refractivity contribution in [1.82, 2.24) is 4.81 Å². The smallest absolute Gasteiger partial charge is 0.333 e. The van der Waals surface area contributed by atoms with Crippen molar-refractivity contribution in [1.29, 1.82) is 0 Å². The van der Waals surface area contributed by atoms with Crippen molar-refractivity contribution in [3.63, 3.8) is 0 Å². The lowest BCUT2D eigenvalue weighted by Crippen LogP contribution is -2.35. The third-order valence-corrected chi connectivity index (χ3v) is 2.03. The fourth-order valence-electron chi connectivity index (χ4n) is 1.34. The first-order valence-corrected chi connectivity index (χ1v) is 4.02. The summed E-state index contributed by atoms with van der Waals surface area (Å²) in [6.07, 6.45) is -4.65. The van der Waals surface area contributed by atoms with Gasteiger partial charge in [-0.2, -0.15) is 13.2 Å². The Kier molecular flexibility index (Phi) is 3.28. The maximum absolute atomic E-state index is 12.0. The van der Waals surface area contributed by atoms with Crippen LogP contribution in [-0.2, 0) is 14.4 Å². The number of hydrogen-bond acceptors (Lipinski definition) is 4. The summed E-state index contributed by atoms with van der Waals surface area (Å²) in [6, 6.07) is 0. The highest BCUT2D eigenvalue weighted by Crippen LogP contribution is 2.24. The molecule has 8 heteroatoms. The third kappa shape index (κ3) is 2.65. The van der Waals surface area contributed by atoms with E-state index in [-0.39, 0.29) is 13.1 Å². The Labute approximate surface area is 83.7 Å². The van der Waals surface area contributed by atoms with Crippen LogP contribution in [0.1, 0.15) is 0 Å². The number of ketones is 2. The van der Waals surface area contributed by atoms with Crippen molar-refractivity contribution in [2.45, 2.75) is 6.18 Å². The van der Waals surface area contributed by atoms with E-state index in [1.807, 2.05) is 0 Å². The number of carbonyl (C=O) groups excluding carboxylic acids is 3. The van der Waals surface area contributed by atoms with E-state index >= 15 is 0 Å². The quantitative estimate of drug-likeness (QED) is 0.363. The van der Waals surface area contributed by atoms with Gasteiger partial charge in [-0.15, -0.1) is 0 Å². The number of alkyl halides is 3. The highest BCUT2D eigenvalue weighted by Gasteiger charge is 2.48. The first-order chi connectivity index (χ1) is 6.86. The summed E-state index contributed by atoms with van der Waals surface area (Å²) in [7, 11) is 0.946. The molecule has 0 N–H and O–H groups in total. The van der Waals surface area contributed by atoms with E-state index in [0.717, 1.165) is 12.2 Å². The van der Waals surface area contributed by atoms with Gasteiger partial charge in [0.05, 0.1) is 12.1 Å². The van der Waals surface area contributed by atoms with Crippen LogP contribution < -0.4 is 0 Å². The zero-order chi connectivity index (χ0) is 11.6. The van der Waals surface area contributed by atoms with Gasteiger partial charge in [0.15, 0.2) is 5.78 Å². The molecule has 1 rings (SSSR count). The van der Waals surface area contributed by atoms with Crippen LogP contribution in [0.15, 0.2) is 0 Å². The molecule has 1 atom stereocenters. The minimum absolute atomic E-state index is 0.328. The van der Waals surface area contributed by atoms with E-state index in [0.29, 0.717) is 6.19 Å². The van der Waals surface area contributed by atoms with E-state index in [2.05, 4.69) is 0 Å². The molecule has 0 aliphatic carbocycles. The van der Waals surface area contributed by atoms with Crippen molar-refractivity contribution in [3.8, 4) is 0 Å². The van der Waals surface area contributed by atoms with Crippen molar-refractivity contribution >= 4 is 25.2 Å². The third-order valence-electron chi connectivity index (χ3n) is 2.03. The average molecular weight is 220 g/mol. The molecule has 0 aromatic heterocycles. The van der Waals surface area contributed by atoms with Gasteiger partial charge >= 0.3 is 6.18 Å². The fourth-order valence-corrected chi connectivity index (χ4v) is 1.34. The summed E-state index contributed by atoms with van der Waals surface area (Å²) >= 11 is 0. The van der Waals surface area contributed by atoms with Crippen LogP contribution in [-0.4, -0.2) is 49.2 Å². The van der Waals surface area contributed by atoms with E-state index < -0.39 is 23.7 Å². The van der Waals surface area contributed by atoms with Crippen LogP contribution in [0, 0.1) is 5.92 Å². The first-order valence-electron chi connectivity index (χ1n) is 4.02. The molecule has 0 saturated carbocycles. The average Bonchev–Trinajstić information content (AvgIpc) is 2.44. The van der Waals surface area contributed by atoms with Crippen LogP contribution in [0.3, 0.4) is 0 Å². The molecule has 0 amide bonds. The number of rotatable bonds is 3. The summed E-state index contributed by atoms with van der Waals surface area (Å²) in [5, 5.41) is 0. The first kappa shape index (κ1) is 11.9. The minimum Gasteiger partial charge on any atom is -0.333 e. The monoisotopic (exact) mass is 220 g/mol. The molecule has 0 spiro atoms. The van der Waals surface area contributed by atoms with Crippen LogP contribution in [0.4, 0.5) is 13.2 Å². The van der Waals surface area contributed by atoms with Crippen LogP contribution in [0.2, 0.25) is 0 Å². The Bertz CT molecular complexity index is 304. The SMILES string of the molecule is O=C[B]N1CC(=O)C(C(=O)C(F)(F)F)C1. The molecule has 0 aromatic carbocycles. The van der Waals surface area contributed by atoms with Gasteiger partial charge in [0.25, 0.3) is 7.41 Å². The molecular formula is C7H6BF3NO3. The van der Waals surface area contributed by atoms with Gasteiger partial charge in [0, 0.05) is 13.1 Å². The van der Waals surface area contributed by atoms with E-state index in [1.165, 1.54) is 0 Å². The lowest BCUT2D eigenvalue weighted by atomic mass is 9.95. The minimum atomic E-state index is -5.00. The molecule has 1 unspecified atom stereocenters. The Morgan fingerprint density at radius 3 is 2.60 bits per heavy atom. The molecule has 15 heavy (non-hydrogen) atoms. The molecule has 81 valence electrons. The normalized spacial score (nSPS) is 22.9. The van der Waals surface area contributed by atoms with Crippen LogP contribution in [0.25, 0.3) is 0 Å². The second-order valence-corrected chi connectivity index (χ2v) is 3.10. The predicted octanol–water partition coefficient (Wildman–Crippen LogP) is -0.572. The van der Waals surface area contributed by atoms with Crippen molar-refractivity contribution in [2.24, 2.45) is 5.92 Å². The topological polar surface area (TPSA) is 54.5 Å². The van der Waals surface area contributed by atoms with Crippen LogP contribution in [0.5, 0.6) is 0 Å². The van der Waals surface area contributed by atoms with Crippen molar-refractivity contribution in [2.75, 3.05) is 13.1 Å². The van der Waals surface area contributed by atoms with Gasteiger partial charge in [-0.1, -0.05) is 0 Å². The Morgan fingerprint density at radius 2 is 2.13 bits per heavy atom.